The zero-order valence-electron chi connectivity index (χ0n) is 12.1. The molecule has 1 heterocycles. The molecule has 2 rings (SSSR count). The first-order valence-electron chi connectivity index (χ1n) is 6.69. The quantitative estimate of drug-likeness (QED) is 0.923. The zero-order valence-corrected chi connectivity index (χ0v) is 12.9. The second kappa shape index (κ2) is 7.04. The van der Waals surface area contributed by atoms with E-state index in [1.165, 1.54) is 10.5 Å². The van der Waals surface area contributed by atoms with Gasteiger partial charge in [0.05, 0.1) is 0 Å². The lowest BCUT2D eigenvalue weighted by molar-refractivity contribution is -0.116. The molecule has 2 aromatic rings. The van der Waals surface area contributed by atoms with E-state index in [0.717, 1.165) is 6.42 Å². The summed E-state index contributed by atoms with van der Waals surface area (Å²) in [6, 6.07) is 8.96. The number of anilines is 1. The van der Waals surface area contributed by atoms with E-state index >= 15 is 0 Å². The van der Waals surface area contributed by atoms with Gasteiger partial charge in [0.1, 0.15) is 0 Å². The molecule has 0 unspecified atom stereocenters. The van der Waals surface area contributed by atoms with Crippen LogP contribution < -0.4 is 5.32 Å². The van der Waals surface area contributed by atoms with Gasteiger partial charge in [-0.05, 0) is 53.1 Å². The van der Waals surface area contributed by atoms with E-state index in [-0.39, 0.29) is 11.8 Å². The van der Waals surface area contributed by atoms with Crippen LogP contribution in [0.4, 0.5) is 5.69 Å². The van der Waals surface area contributed by atoms with Crippen LogP contribution in [0.5, 0.6) is 0 Å². The van der Waals surface area contributed by atoms with Crippen LogP contribution in [0.2, 0.25) is 0 Å². The number of nitrogens with zero attached hydrogens (tertiary/aromatic N) is 1. The van der Waals surface area contributed by atoms with Crippen molar-refractivity contribution >= 4 is 28.8 Å². The van der Waals surface area contributed by atoms with Crippen molar-refractivity contribution in [3.05, 3.63) is 52.2 Å². The molecule has 1 N–H and O–H groups in total. The van der Waals surface area contributed by atoms with E-state index in [0.29, 0.717) is 17.7 Å². The standard InChI is InChI=1S/C16H18N2O2S/c1-18(2)16(20)13-4-6-14(7-5-13)17-15(19)8-3-12-9-10-21-11-12/h4-7,9-11H,3,8H2,1-2H3,(H,17,19). The fourth-order valence-corrected chi connectivity index (χ4v) is 2.57. The number of amides is 2. The minimum absolute atomic E-state index is 0.0205. The van der Waals surface area contributed by atoms with Crippen LogP contribution in [0.25, 0.3) is 0 Å². The van der Waals surface area contributed by atoms with Crippen LogP contribution >= 0.6 is 11.3 Å². The van der Waals surface area contributed by atoms with Gasteiger partial charge in [-0.2, -0.15) is 11.3 Å². The molecule has 0 aliphatic heterocycles. The smallest absolute Gasteiger partial charge is 0.253 e. The molecule has 4 nitrogen and oxygen atoms in total. The monoisotopic (exact) mass is 302 g/mol. The first-order valence-corrected chi connectivity index (χ1v) is 7.63. The van der Waals surface area contributed by atoms with Crippen molar-refractivity contribution in [2.45, 2.75) is 12.8 Å². The number of carbonyl (C=O) groups excluding carboxylic acids is 2. The Labute approximate surface area is 128 Å². The van der Waals surface area contributed by atoms with E-state index in [9.17, 15) is 9.59 Å². The van der Waals surface area contributed by atoms with Crippen molar-refractivity contribution in [2.24, 2.45) is 0 Å². The van der Waals surface area contributed by atoms with E-state index in [2.05, 4.69) is 10.7 Å². The number of benzene rings is 1. The summed E-state index contributed by atoms with van der Waals surface area (Å²) in [7, 11) is 3.42. The van der Waals surface area contributed by atoms with Gasteiger partial charge in [-0.1, -0.05) is 0 Å². The van der Waals surface area contributed by atoms with Crippen molar-refractivity contribution in [3.8, 4) is 0 Å². The minimum atomic E-state index is -0.0506. The van der Waals surface area contributed by atoms with Gasteiger partial charge in [-0.3, -0.25) is 9.59 Å². The maximum atomic E-state index is 11.9. The highest BCUT2D eigenvalue weighted by Gasteiger charge is 2.08. The molecule has 0 bridgehead atoms. The molecule has 0 aliphatic rings. The van der Waals surface area contributed by atoms with Crippen molar-refractivity contribution in [3.63, 3.8) is 0 Å². The molecule has 21 heavy (non-hydrogen) atoms. The SMILES string of the molecule is CN(C)C(=O)c1ccc(NC(=O)CCc2ccsc2)cc1. The van der Waals surface area contributed by atoms with Crippen molar-refractivity contribution in [2.75, 3.05) is 19.4 Å². The summed E-state index contributed by atoms with van der Waals surface area (Å²) in [4.78, 5) is 25.1. The normalized spacial score (nSPS) is 10.2. The summed E-state index contributed by atoms with van der Waals surface area (Å²) in [6.45, 7) is 0. The van der Waals surface area contributed by atoms with Gasteiger partial charge in [0.15, 0.2) is 0 Å². The molecule has 0 saturated carbocycles. The van der Waals surface area contributed by atoms with E-state index in [4.69, 9.17) is 0 Å². The van der Waals surface area contributed by atoms with Gasteiger partial charge < -0.3 is 10.2 Å². The fourth-order valence-electron chi connectivity index (χ4n) is 1.87. The summed E-state index contributed by atoms with van der Waals surface area (Å²) in [5.74, 6) is -0.0711. The van der Waals surface area contributed by atoms with Gasteiger partial charge in [0.2, 0.25) is 5.91 Å². The summed E-state index contributed by atoms with van der Waals surface area (Å²) in [5.41, 5.74) is 2.50. The van der Waals surface area contributed by atoms with Gasteiger partial charge in [-0.15, -0.1) is 0 Å². The summed E-state index contributed by atoms with van der Waals surface area (Å²) < 4.78 is 0. The zero-order chi connectivity index (χ0) is 15.2. The Bertz CT molecular complexity index is 604. The molecule has 2 amide bonds. The topological polar surface area (TPSA) is 49.4 Å². The molecule has 1 aromatic heterocycles. The number of carbonyl (C=O) groups is 2. The van der Waals surface area contributed by atoms with Gasteiger partial charge in [-0.25, -0.2) is 0 Å². The first kappa shape index (κ1) is 15.3. The fraction of sp³-hybridized carbons (Fsp3) is 0.250. The molecule has 0 fully saturated rings. The molecule has 0 spiro atoms. The van der Waals surface area contributed by atoms with Crippen LogP contribution in [-0.2, 0) is 11.2 Å². The molecule has 0 aliphatic carbocycles. The Morgan fingerprint density at radius 2 is 1.86 bits per heavy atom. The van der Waals surface area contributed by atoms with Gasteiger partial charge >= 0.3 is 0 Å². The number of hydrogen-bond donors (Lipinski definition) is 1. The Balaban J connectivity index is 1.88. The third-order valence-corrected chi connectivity index (χ3v) is 3.77. The molecule has 0 atom stereocenters. The maximum Gasteiger partial charge on any atom is 0.253 e. The highest BCUT2D eigenvalue weighted by molar-refractivity contribution is 7.07. The Kier molecular flexibility index (Phi) is 5.11. The third-order valence-electron chi connectivity index (χ3n) is 3.04. The number of nitrogens with one attached hydrogen (secondary N) is 1. The number of rotatable bonds is 5. The summed E-state index contributed by atoms with van der Waals surface area (Å²) in [5, 5.41) is 6.90. The van der Waals surface area contributed by atoms with E-state index < -0.39 is 0 Å². The number of aryl methyl sites for hydroxylation is 1. The van der Waals surface area contributed by atoms with E-state index in [1.54, 1.807) is 49.7 Å². The number of thiophene rings is 1. The predicted octanol–water partition coefficient (Wildman–Crippen LogP) is 3.02. The Hall–Kier alpha value is -2.14. The lowest BCUT2D eigenvalue weighted by Gasteiger charge is -2.11. The lowest BCUT2D eigenvalue weighted by Crippen LogP contribution is -2.21. The average Bonchev–Trinajstić information content (AvgIpc) is 2.98. The van der Waals surface area contributed by atoms with Crippen molar-refractivity contribution < 1.29 is 9.59 Å². The van der Waals surface area contributed by atoms with Crippen LogP contribution in [0.1, 0.15) is 22.3 Å². The predicted molar refractivity (Wildman–Crippen MR) is 85.7 cm³/mol. The molecular formula is C16H18N2O2S. The molecule has 110 valence electrons. The van der Waals surface area contributed by atoms with Crippen LogP contribution in [0, 0.1) is 0 Å². The van der Waals surface area contributed by atoms with Crippen LogP contribution in [0.15, 0.2) is 41.1 Å². The highest BCUT2D eigenvalue weighted by Crippen LogP contribution is 2.13. The maximum absolute atomic E-state index is 11.9. The second-order valence-electron chi connectivity index (χ2n) is 4.96. The summed E-state index contributed by atoms with van der Waals surface area (Å²) in [6.07, 6.45) is 1.20. The van der Waals surface area contributed by atoms with Crippen LogP contribution in [0.3, 0.4) is 0 Å². The summed E-state index contributed by atoms with van der Waals surface area (Å²) >= 11 is 1.63. The molecule has 1 aromatic carbocycles. The lowest BCUT2D eigenvalue weighted by atomic mass is 10.1. The molecule has 0 radical (unpaired) electrons. The van der Waals surface area contributed by atoms with Crippen molar-refractivity contribution in [1.82, 2.24) is 4.90 Å². The third kappa shape index (κ3) is 4.43. The van der Waals surface area contributed by atoms with Gasteiger partial charge in [0, 0.05) is 31.8 Å². The molecule has 5 heteroatoms. The highest BCUT2D eigenvalue weighted by atomic mass is 32.1. The van der Waals surface area contributed by atoms with Crippen LogP contribution in [-0.4, -0.2) is 30.8 Å². The Morgan fingerprint density at radius 3 is 2.43 bits per heavy atom. The van der Waals surface area contributed by atoms with Crippen molar-refractivity contribution in [1.29, 1.82) is 0 Å². The van der Waals surface area contributed by atoms with E-state index in [1.807, 2.05) is 11.4 Å². The molecule has 0 saturated heterocycles. The molecular weight excluding hydrogens is 284 g/mol. The minimum Gasteiger partial charge on any atom is -0.345 e. The van der Waals surface area contributed by atoms with Gasteiger partial charge in [0.25, 0.3) is 5.91 Å². The average molecular weight is 302 g/mol. The largest absolute Gasteiger partial charge is 0.345 e. The Morgan fingerprint density at radius 1 is 1.14 bits per heavy atom. The first-order chi connectivity index (χ1) is 10.1. The second-order valence-corrected chi connectivity index (χ2v) is 5.74. The number of hydrogen-bond acceptors (Lipinski definition) is 3.